The Bertz CT molecular complexity index is 163. The highest BCUT2D eigenvalue weighted by Gasteiger charge is 2.16. The fourth-order valence-electron chi connectivity index (χ4n) is 0.814. The van der Waals surface area contributed by atoms with Gasteiger partial charge in [-0.3, -0.25) is 4.79 Å². The zero-order valence-corrected chi connectivity index (χ0v) is 8.67. The van der Waals surface area contributed by atoms with Gasteiger partial charge in [-0.1, -0.05) is 0 Å². The number of hydrogen-bond donors (Lipinski definition) is 2. The minimum atomic E-state index is -0.413. The van der Waals surface area contributed by atoms with Crippen molar-refractivity contribution < 1.29 is 9.53 Å². The molecule has 78 valence electrons. The van der Waals surface area contributed by atoms with Gasteiger partial charge in [-0.15, -0.1) is 0 Å². The highest BCUT2D eigenvalue weighted by Crippen LogP contribution is 2.09. The quantitative estimate of drug-likeness (QED) is 0.626. The first-order valence-electron chi connectivity index (χ1n) is 4.52. The summed E-state index contributed by atoms with van der Waals surface area (Å²) < 4.78 is 5.10. The van der Waals surface area contributed by atoms with E-state index in [2.05, 4.69) is 0 Å². The second kappa shape index (κ2) is 5.19. The van der Waals surface area contributed by atoms with Gasteiger partial charge in [-0.2, -0.15) is 0 Å². The fourth-order valence-corrected chi connectivity index (χ4v) is 0.814. The fraction of sp³-hybridized carbons (Fsp3) is 0.889. The number of nitrogens with two attached hydrogens (primary N) is 2. The number of carbonyl (C=O) groups is 1. The van der Waals surface area contributed by atoms with Gasteiger partial charge in [0.2, 0.25) is 0 Å². The molecule has 4 heteroatoms. The minimum Gasteiger partial charge on any atom is -0.460 e. The predicted octanol–water partition coefficient (Wildman–Crippen LogP) is 0.394. The van der Waals surface area contributed by atoms with Crippen LogP contribution in [0.2, 0.25) is 0 Å². The lowest BCUT2D eigenvalue weighted by Crippen LogP contribution is -2.31. The highest BCUT2D eigenvalue weighted by molar-refractivity contribution is 5.69. The zero-order chi connectivity index (χ0) is 10.5. The molecule has 0 bridgehead atoms. The highest BCUT2D eigenvalue weighted by atomic mass is 16.6. The minimum absolute atomic E-state index is 0.104. The molecule has 0 saturated heterocycles. The summed E-state index contributed by atoms with van der Waals surface area (Å²) in [5.41, 5.74) is 10.4. The van der Waals surface area contributed by atoms with Crippen LogP contribution in [-0.2, 0) is 9.53 Å². The molecule has 0 aromatic rings. The first-order valence-corrected chi connectivity index (χ1v) is 4.52. The standard InChI is InChI=1S/C9H20N2O2/c1-9(2,3)13-8(12)5-4-7(11)6-10/h7H,4-6,10-11H2,1-3H3/t7-/m1/s1. The molecule has 0 aromatic carbocycles. The van der Waals surface area contributed by atoms with Gasteiger partial charge >= 0.3 is 5.97 Å². The number of rotatable bonds is 4. The van der Waals surface area contributed by atoms with Crippen LogP contribution in [0.25, 0.3) is 0 Å². The van der Waals surface area contributed by atoms with Crippen molar-refractivity contribution in [2.75, 3.05) is 6.54 Å². The van der Waals surface area contributed by atoms with Gasteiger partial charge in [0.05, 0.1) is 0 Å². The van der Waals surface area contributed by atoms with Crippen LogP contribution in [0.5, 0.6) is 0 Å². The van der Waals surface area contributed by atoms with Crippen molar-refractivity contribution in [3.05, 3.63) is 0 Å². The summed E-state index contributed by atoms with van der Waals surface area (Å²) in [6.45, 7) is 5.93. The first kappa shape index (κ1) is 12.4. The van der Waals surface area contributed by atoms with E-state index in [1.807, 2.05) is 20.8 Å². The van der Waals surface area contributed by atoms with Crippen molar-refractivity contribution in [1.29, 1.82) is 0 Å². The van der Waals surface area contributed by atoms with Gasteiger partial charge < -0.3 is 16.2 Å². The third kappa shape index (κ3) is 7.74. The van der Waals surface area contributed by atoms with E-state index in [-0.39, 0.29) is 12.0 Å². The van der Waals surface area contributed by atoms with Crippen LogP contribution in [-0.4, -0.2) is 24.2 Å². The number of carbonyl (C=O) groups excluding carboxylic acids is 1. The van der Waals surface area contributed by atoms with Crippen molar-refractivity contribution in [3.8, 4) is 0 Å². The van der Waals surface area contributed by atoms with Gasteiger partial charge in [-0.25, -0.2) is 0 Å². The van der Waals surface area contributed by atoms with E-state index in [0.29, 0.717) is 19.4 Å². The van der Waals surface area contributed by atoms with Crippen molar-refractivity contribution >= 4 is 5.97 Å². The Labute approximate surface area is 79.6 Å². The Kier molecular flexibility index (Phi) is 4.95. The monoisotopic (exact) mass is 188 g/mol. The smallest absolute Gasteiger partial charge is 0.306 e. The number of hydrogen-bond acceptors (Lipinski definition) is 4. The lowest BCUT2D eigenvalue weighted by Gasteiger charge is -2.19. The largest absolute Gasteiger partial charge is 0.460 e. The molecule has 0 radical (unpaired) electrons. The molecular formula is C9H20N2O2. The lowest BCUT2D eigenvalue weighted by atomic mass is 10.1. The van der Waals surface area contributed by atoms with Gasteiger partial charge in [0.15, 0.2) is 0 Å². The second-order valence-corrected chi connectivity index (χ2v) is 4.12. The van der Waals surface area contributed by atoms with E-state index in [4.69, 9.17) is 16.2 Å². The van der Waals surface area contributed by atoms with E-state index in [1.54, 1.807) is 0 Å². The maximum Gasteiger partial charge on any atom is 0.306 e. The summed E-state index contributed by atoms with van der Waals surface area (Å²) in [5.74, 6) is -0.212. The van der Waals surface area contributed by atoms with Gasteiger partial charge in [-0.05, 0) is 27.2 Å². The number of esters is 1. The SMILES string of the molecule is CC(C)(C)OC(=O)CC[C@@H](N)CN. The van der Waals surface area contributed by atoms with Crippen molar-refractivity contribution in [3.63, 3.8) is 0 Å². The predicted molar refractivity (Wildman–Crippen MR) is 52.1 cm³/mol. The third-order valence-electron chi connectivity index (χ3n) is 1.44. The Balaban J connectivity index is 3.64. The summed E-state index contributed by atoms with van der Waals surface area (Å²) in [7, 11) is 0. The molecule has 0 aliphatic rings. The van der Waals surface area contributed by atoms with Crippen LogP contribution in [0.3, 0.4) is 0 Å². The van der Waals surface area contributed by atoms with E-state index in [0.717, 1.165) is 0 Å². The summed E-state index contributed by atoms with van der Waals surface area (Å²) in [4.78, 5) is 11.2. The summed E-state index contributed by atoms with van der Waals surface area (Å²) in [6, 6.07) is -0.104. The van der Waals surface area contributed by atoms with Crippen molar-refractivity contribution in [1.82, 2.24) is 0 Å². The molecule has 4 nitrogen and oxygen atoms in total. The Morgan fingerprint density at radius 3 is 2.38 bits per heavy atom. The summed E-state index contributed by atoms with van der Waals surface area (Å²) in [6.07, 6.45) is 0.932. The molecule has 0 aliphatic carbocycles. The van der Waals surface area contributed by atoms with E-state index in [9.17, 15) is 4.79 Å². The zero-order valence-electron chi connectivity index (χ0n) is 8.67. The van der Waals surface area contributed by atoms with Crippen molar-refractivity contribution in [2.45, 2.75) is 45.3 Å². The molecule has 1 atom stereocenters. The van der Waals surface area contributed by atoms with Gasteiger partial charge in [0.1, 0.15) is 5.60 Å². The molecule has 4 N–H and O–H groups in total. The normalized spacial score (nSPS) is 13.9. The molecular weight excluding hydrogens is 168 g/mol. The Morgan fingerprint density at radius 1 is 1.46 bits per heavy atom. The molecule has 13 heavy (non-hydrogen) atoms. The first-order chi connectivity index (χ1) is 5.85. The summed E-state index contributed by atoms with van der Waals surface area (Å²) in [5, 5.41) is 0. The number of ether oxygens (including phenoxy) is 1. The molecule has 0 aliphatic heterocycles. The molecule has 0 rings (SSSR count). The maximum atomic E-state index is 11.2. The lowest BCUT2D eigenvalue weighted by molar-refractivity contribution is -0.155. The average molecular weight is 188 g/mol. The van der Waals surface area contributed by atoms with Gasteiger partial charge in [0.25, 0.3) is 0 Å². The van der Waals surface area contributed by atoms with E-state index < -0.39 is 5.60 Å². The van der Waals surface area contributed by atoms with Crippen LogP contribution >= 0.6 is 0 Å². The van der Waals surface area contributed by atoms with Gasteiger partial charge in [0, 0.05) is 19.0 Å². The van der Waals surface area contributed by atoms with Crippen LogP contribution in [0.15, 0.2) is 0 Å². The Morgan fingerprint density at radius 2 is 2.00 bits per heavy atom. The maximum absolute atomic E-state index is 11.2. The van der Waals surface area contributed by atoms with Crippen LogP contribution < -0.4 is 11.5 Å². The second-order valence-electron chi connectivity index (χ2n) is 4.12. The van der Waals surface area contributed by atoms with E-state index in [1.165, 1.54) is 0 Å². The van der Waals surface area contributed by atoms with Crippen molar-refractivity contribution in [2.24, 2.45) is 11.5 Å². The Hall–Kier alpha value is -0.610. The van der Waals surface area contributed by atoms with Crippen LogP contribution in [0, 0.1) is 0 Å². The molecule has 0 spiro atoms. The molecule has 0 fully saturated rings. The van der Waals surface area contributed by atoms with Crippen LogP contribution in [0.4, 0.5) is 0 Å². The molecule has 0 heterocycles. The molecule has 0 aromatic heterocycles. The molecule has 0 unspecified atom stereocenters. The third-order valence-corrected chi connectivity index (χ3v) is 1.44. The molecule has 0 saturated carbocycles. The van der Waals surface area contributed by atoms with E-state index >= 15 is 0 Å². The average Bonchev–Trinajstić information content (AvgIpc) is 1.97. The molecule has 0 amide bonds. The summed E-state index contributed by atoms with van der Waals surface area (Å²) >= 11 is 0. The van der Waals surface area contributed by atoms with Crippen LogP contribution in [0.1, 0.15) is 33.6 Å². The topological polar surface area (TPSA) is 78.3 Å².